The summed E-state index contributed by atoms with van der Waals surface area (Å²) < 4.78 is 28.1. The topological polar surface area (TPSA) is 113 Å². The van der Waals surface area contributed by atoms with Gasteiger partial charge in [-0.25, -0.2) is 9.59 Å². The average Bonchev–Trinajstić information content (AvgIpc) is 2.98. The summed E-state index contributed by atoms with van der Waals surface area (Å²) in [4.78, 5) is 38.9. The molecule has 3 aromatic carbocycles. The summed E-state index contributed by atoms with van der Waals surface area (Å²) in [6.45, 7) is 2.69. The first-order chi connectivity index (χ1) is 19.9. The zero-order valence-corrected chi connectivity index (χ0v) is 23.5. The molecule has 41 heavy (non-hydrogen) atoms. The van der Waals surface area contributed by atoms with E-state index < -0.39 is 18.1 Å². The maximum absolute atomic E-state index is 13.5. The van der Waals surface area contributed by atoms with E-state index in [9.17, 15) is 14.4 Å². The minimum atomic E-state index is -0.923. The molecule has 0 fully saturated rings. The molecule has 1 atom stereocenters. The van der Waals surface area contributed by atoms with E-state index in [4.69, 9.17) is 23.4 Å². The van der Waals surface area contributed by atoms with Crippen LogP contribution in [0.1, 0.15) is 17.7 Å². The quantitative estimate of drug-likeness (QED) is 0.204. The molecule has 1 aliphatic heterocycles. The maximum atomic E-state index is 13.5. The molecule has 4 aromatic rings. The van der Waals surface area contributed by atoms with E-state index >= 15 is 0 Å². The van der Waals surface area contributed by atoms with Crippen molar-refractivity contribution in [3.63, 3.8) is 0 Å². The van der Waals surface area contributed by atoms with E-state index in [1.807, 2.05) is 36.6 Å². The Morgan fingerprint density at radius 1 is 1.00 bits per heavy atom. The number of hydrogen-bond acceptors (Lipinski definition) is 9. The number of rotatable bonds is 9. The van der Waals surface area contributed by atoms with Crippen molar-refractivity contribution in [3.8, 4) is 28.4 Å². The average molecular weight is 576 g/mol. The molecular weight excluding hydrogens is 546 g/mol. The van der Waals surface area contributed by atoms with Crippen molar-refractivity contribution in [2.24, 2.45) is 0 Å². The van der Waals surface area contributed by atoms with E-state index in [-0.39, 0.29) is 23.4 Å². The van der Waals surface area contributed by atoms with Crippen LogP contribution in [0.15, 0.2) is 75.9 Å². The number of ether oxygens (including phenoxy) is 4. The molecule has 9 nitrogen and oxygen atoms in total. The predicted octanol–water partition coefficient (Wildman–Crippen LogP) is 5.49. The van der Waals surface area contributed by atoms with Crippen LogP contribution in [0.25, 0.3) is 22.1 Å². The molecule has 10 heteroatoms. The Balaban J connectivity index is 1.32. The van der Waals surface area contributed by atoms with Crippen LogP contribution < -0.4 is 25.0 Å². The fourth-order valence-electron chi connectivity index (χ4n) is 4.46. The largest absolute Gasteiger partial charge is 0.486 e. The van der Waals surface area contributed by atoms with Gasteiger partial charge in [0, 0.05) is 6.07 Å². The van der Waals surface area contributed by atoms with Crippen molar-refractivity contribution < 1.29 is 33.0 Å². The second-order valence-corrected chi connectivity index (χ2v) is 10.3. The van der Waals surface area contributed by atoms with Crippen LogP contribution in [0.4, 0.5) is 4.79 Å². The van der Waals surface area contributed by atoms with Crippen LogP contribution in [0.2, 0.25) is 0 Å². The van der Waals surface area contributed by atoms with E-state index in [0.29, 0.717) is 59.2 Å². The van der Waals surface area contributed by atoms with Gasteiger partial charge in [-0.1, -0.05) is 36.4 Å². The van der Waals surface area contributed by atoms with E-state index in [2.05, 4.69) is 5.32 Å². The van der Waals surface area contributed by atoms with Gasteiger partial charge >= 0.3 is 12.1 Å². The molecule has 2 heterocycles. The second-order valence-electron chi connectivity index (χ2n) is 9.34. The van der Waals surface area contributed by atoms with Crippen molar-refractivity contribution in [2.45, 2.75) is 26.0 Å². The molecule has 1 amide bonds. The summed E-state index contributed by atoms with van der Waals surface area (Å²) in [5.41, 5.74) is 1.94. The minimum absolute atomic E-state index is 0.0777. The minimum Gasteiger partial charge on any atom is -0.486 e. The zero-order valence-electron chi connectivity index (χ0n) is 22.6. The summed E-state index contributed by atoms with van der Waals surface area (Å²) in [5.74, 6) is 1.76. The molecule has 0 unspecified atom stereocenters. The fraction of sp³-hybridized carbons (Fsp3) is 0.258. The molecule has 1 aliphatic rings. The highest BCUT2D eigenvalue weighted by Crippen LogP contribution is 2.35. The molecule has 0 aliphatic carbocycles. The van der Waals surface area contributed by atoms with Gasteiger partial charge in [0.05, 0.1) is 10.9 Å². The third-order valence-electron chi connectivity index (χ3n) is 6.49. The number of fused-ring (bicyclic) bond motifs is 2. The van der Waals surface area contributed by atoms with Gasteiger partial charge in [0.25, 0.3) is 0 Å². The van der Waals surface area contributed by atoms with Crippen molar-refractivity contribution >= 4 is 34.8 Å². The number of nitrogens with one attached hydrogen (secondary N) is 1. The van der Waals surface area contributed by atoms with Gasteiger partial charge in [-0.05, 0) is 60.7 Å². The first-order valence-electron chi connectivity index (χ1n) is 13.1. The number of carbonyl (C=O) groups excluding carboxylic acids is 2. The number of amides is 1. The van der Waals surface area contributed by atoms with Crippen LogP contribution in [0.5, 0.6) is 17.2 Å². The third-order valence-corrected chi connectivity index (χ3v) is 7.13. The van der Waals surface area contributed by atoms with Gasteiger partial charge in [0.1, 0.15) is 43.0 Å². The summed E-state index contributed by atoms with van der Waals surface area (Å²) in [5, 5.41) is 2.94. The van der Waals surface area contributed by atoms with Crippen LogP contribution in [-0.2, 0) is 16.1 Å². The second kappa shape index (κ2) is 12.8. The molecule has 0 spiro atoms. The van der Waals surface area contributed by atoms with Gasteiger partial charge in [-0.3, -0.25) is 4.79 Å². The van der Waals surface area contributed by atoms with Crippen LogP contribution >= 0.6 is 11.8 Å². The number of benzene rings is 3. The standard InChI is InChI=1S/C31H29NO8S/c1-19-28(21-8-11-25-27(16-21)37-14-13-36-25)29(33)23-10-9-22(17-26(23)39-19)40-30(34)24(12-15-41-2)32-31(35)38-18-20-6-4-3-5-7-20/h3-11,16-17,24H,12-15,18H2,1-2H3,(H,32,35)/t24-/m0/s1. The first kappa shape index (κ1) is 28.1. The van der Waals surface area contributed by atoms with Crippen molar-refractivity contribution in [1.29, 1.82) is 0 Å². The number of alkyl carbamates (subject to hydrolysis) is 1. The Labute approximate surface area is 240 Å². The lowest BCUT2D eigenvalue weighted by molar-refractivity contribution is -0.136. The van der Waals surface area contributed by atoms with Crippen LogP contribution in [0, 0.1) is 6.92 Å². The Morgan fingerprint density at radius 2 is 1.78 bits per heavy atom. The van der Waals surface area contributed by atoms with Crippen molar-refractivity contribution in [1.82, 2.24) is 5.32 Å². The van der Waals surface area contributed by atoms with Gasteiger partial charge in [0.15, 0.2) is 11.5 Å². The smallest absolute Gasteiger partial charge is 0.408 e. The van der Waals surface area contributed by atoms with Gasteiger partial charge in [-0.2, -0.15) is 11.8 Å². The Hall–Kier alpha value is -4.44. The van der Waals surface area contributed by atoms with E-state index in [1.54, 1.807) is 31.2 Å². The summed E-state index contributed by atoms with van der Waals surface area (Å²) >= 11 is 1.54. The lowest BCUT2D eigenvalue weighted by Crippen LogP contribution is -2.43. The zero-order chi connectivity index (χ0) is 28.8. The van der Waals surface area contributed by atoms with Crippen molar-refractivity contribution in [2.75, 3.05) is 25.2 Å². The number of esters is 1. The van der Waals surface area contributed by atoms with E-state index in [1.165, 1.54) is 23.9 Å². The molecule has 1 aromatic heterocycles. The third kappa shape index (κ3) is 6.66. The highest BCUT2D eigenvalue weighted by molar-refractivity contribution is 7.98. The van der Waals surface area contributed by atoms with E-state index in [0.717, 1.165) is 5.56 Å². The molecule has 1 N–H and O–H groups in total. The Bertz CT molecular complexity index is 1620. The summed E-state index contributed by atoms with van der Waals surface area (Å²) in [6.07, 6.45) is 1.54. The van der Waals surface area contributed by atoms with Crippen molar-refractivity contribution in [3.05, 3.63) is 88.3 Å². The molecular formula is C31H29NO8S. The molecule has 0 saturated carbocycles. The Morgan fingerprint density at radius 3 is 2.56 bits per heavy atom. The highest BCUT2D eigenvalue weighted by Gasteiger charge is 2.24. The lowest BCUT2D eigenvalue weighted by atomic mass is 10.0. The predicted molar refractivity (Wildman–Crippen MR) is 156 cm³/mol. The Kier molecular flexibility index (Phi) is 8.79. The maximum Gasteiger partial charge on any atom is 0.408 e. The molecule has 0 bridgehead atoms. The monoisotopic (exact) mass is 575 g/mol. The molecule has 5 rings (SSSR count). The number of thioether (sulfide) groups is 1. The van der Waals surface area contributed by atoms with Gasteiger partial charge < -0.3 is 28.7 Å². The van der Waals surface area contributed by atoms with Crippen LogP contribution in [0.3, 0.4) is 0 Å². The normalized spacial score (nSPS) is 12.9. The fourth-order valence-corrected chi connectivity index (χ4v) is 4.93. The van der Waals surface area contributed by atoms with Gasteiger partial charge in [0.2, 0.25) is 5.43 Å². The summed E-state index contributed by atoms with van der Waals surface area (Å²) in [6, 6.07) is 18.2. The SMILES string of the molecule is CSCC[C@H](NC(=O)OCc1ccccc1)C(=O)Oc1ccc2c(=O)c(-c3ccc4c(c3)OCCO4)c(C)oc2c1. The molecule has 0 saturated heterocycles. The van der Waals surface area contributed by atoms with Crippen LogP contribution in [-0.4, -0.2) is 43.3 Å². The highest BCUT2D eigenvalue weighted by atomic mass is 32.2. The number of aryl methyl sites for hydroxylation is 1. The molecule has 212 valence electrons. The summed E-state index contributed by atoms with van der Waals surface area (Å²) in [7, 11) is 0. The lowest BCUT2D eigenvalue weighted by Gasteiger charge is -2.19. The molecule has 0 radical (unpaired) electrons. The van der Waals surface area contributed by atoms with Gasteiger partial charge in [-0.15, -0.1) is 0 Å². The number of hydrogen-bond donors (Lipinski definition) is 1. The number of carbonyl (C=O) groups is 2. The first-order valence-corrected chi connectivity index (χ1v) is 14.5.